The Morgan fingerprint density at radius 1 is 1.33 bits per heavy atom. The zero-order chi connectivity index (χ0) is 17.1. The summed E-state index contributed by atoms with van der Waals surface area (Å²) in [5.41, 5.74) is 4.92. The summed E-state index contributed by atoms with van der Waals surface area (Å²) in [6.07, 6.45) is 1.28. The van der Waals surface area contributed by atoms with Crippen LogP contribution < -0.4 is 5.43 Å². The van der Waals surface area contributed by atoms with E-state index in [2.05, 4.69) is 20.1 Å². The summed E-state index contributed by atoms with van der Waals surface area (Å²) < 4.78 is 15.5. The molecule has 0 radical (unpaired) electrons. The van der Waals surface area contributed by atoms with E-state index < -0.39 is 5.82 Å². The Morgan fingerprint density at radius 3 is 2.88 bits per heavy atom. The number of rotatable bonds is 4. The number of carbonyl (C=O) groups excluding carboxylic acids is 1. The Morgan fingerprint density at radius 2 is 2.12 bits per heavy atom. The van der Waals surface area contributed by atoms with Crippen LogP contribution in [0.15, 0.2) is 47.6 Å². The van der Waals surface area contributed by atoms with E-state index in [-0.39, 0.29) is 5.91 Å². The van der Waals surface area contributed by atoms with Crippen molar-refractivity contribution in [1.82, 2.24) is 15.0 Å². The van der Waals surface area contributed by atoms with E-state index in [1.165, 1.54) is 12.3 Å². The number of hydrazone groups is 1. The second kappa shape index (κ2) is 6.62. The molecule has 0 aliphatic heterocycles. The number of aryl methyl sites for hydroxylation is 2. The molecule has 3 rings (SSSR count). The van der Waals surface area contributed by atoms with Gasteiger partial charge in [-0.25, -0.2) is 14.8 Å². The normalized spacial score (nSPS) is 11.3. The van der Waals surface area contributed by atoms with Crippen molar-refractivity contribution >= 4 is 23.2 Å². The molecule has 1 N–H and O–H groups in total. The predicted molar refractivity (Wildman–Crippen MR) is 91.6 cm³/mol. The largest absolute Gasteiger partial charge is 0.329 e. The van der Waals surface area contributed by atoms with Gasteiger partial charge in [-0.2, -0.15) is 5.10 Å². The number of hydrogen-bond donors (Lipinski definition) is 1. The molecule has 0 aliphatic carbocycles. The van der Waals surface area contributed by atoms with Gasteiger partial charge < -0.3 is 4.57 Å². The van der Waals surface area contributed by atoms with Crippen molar-refractivity contribution in [3.05, 3.63) is 65.2 Å². The van der Waals surface area contributed by atoms with Gasteiger partial charge in [-0.1, -0.05) is 18.2 Å². The van der Waals surface area contributed by atoms with E-state index in [1.807, 2.05) is 19.9 Å². The molecule has 1 heterocycles. The first-order valence-electron chi connectivity index (χ1n) is 7.65. The molecule has 0 bridgehead atoms. The van der Waals surface area contributed by atoms with E-state index >= 15 is 0 Å². The van der Waals surface area contributed by atoms with Gasteiger partial charge in [-0.3, -0.25) is 4.79 Å². The van der Waals surface area contributed by atoms with Crippen LogP contribution in [0.2, 0.25) is 0 Å². The summed E-state index contributed by atoms with van der Waals surface area (Å²) in [5, 5.41) is 3.81. The molecule has 2 aromatic carbocycles. The molecular weight excluding hydrogens is 307 g/mol. The van der Waals surface area contributed by atoms with Gasteiger partial charge in [0, 0.05) is 17.7 Å². The van der Waals surface area contributed by atoms with Crippen molar-refractivity contribution < 1.29 is 9.18 Å². The number of nitrogens with one attached hydrogen (secondary N) is 1. The highest BCUT2D eigenvalue weighted by atomic mass is 19.1. The monoisotopic (exact) mass is 324 g/mol. The molecule has 0 atom stereocenters. The Bertz CT molecular complexity index is 930. The first-order chi connectivity index (χ1) is 11.6. The van der Waals surface area contributed by atoms with Crippen molar-refractivity contribution in [1.29, 1.82) is 0 Å². The van der Waals surface area contributed by atoms with Crippen LogP contribution in [0, 0.1) is 12.7 Å². The molecule has 3 aromatic rings. The molecule has 0 unspecified atom stereocenters. The maximum absolute atomic E-state index is 13.5. The number of nitrogens with zero attached hydrogens (tertiary/aromatic N) is 3. The summed E-state index contributed by atoms with van der Waals surface area (Å²) in [4.78, 5) is 16.6. The Balaban J connectivity index is 1.78. The highest BCUT2D eigenvalue weighted by Crippen LogP contribution is 2.17. The van der Waals surface area contributed by atoms with Gasteiger partial charge >= 0.3 is 0 Å². The van der Waals surface area contributed by atoms with E-state index in [1.54, 1.807) is 30.3 Å². The molecule has 0 saturated heterocycles. The molecule has 122 valence electrons. The molecule has 0 spiro atoms. The lowest BCUT2D eigenvalue weighted by atomic mass is 10.2. The van der Waals surface area contributed by atoms with Crippen LogP contribution in [-0.4, -0.2) is 21.7 Å². The fourth-order valence-corrected chi connectivity index (χ4v) is 2.60. The van der Waals surface area contributed by atoms with E-state index in [0.717, 1.165) is 23.4 Å². The summed E-state index contributed by atoms with van der Waals surface area (Å²) in [5.74, 6) is 0.147. The van der Waals surface area contributed by atoms with Crippen LogP contribution >= 0.6 is 0 Å². The number of aromatic nitrogens is 2. The molecule has 6 heteroatoms. The Kier molecular flexibility index (Phi) is 4.37. The summed E-state index contributed by atoms with van der Waals surface area (Å²) >= 11 is 0. The third-order valence-electron chi connectivity index (χ3n) is 3.79. The average Bonchev–Trinajstić information content (AvgIpc) is 2.90. The number of hydrogen-bond acceptors (Lipinski definition) is 3. The SMILES string of the molecule is CCn1c(C)nc2cc(C(=O)NN=Cc3ccccc3F)ccc21. The first kappa shape index (κ1) is 15.9. The van der Waals surface area contributed by atoms with Gasteiger partial charge in [0.25, 0.3) is 5.91 Å². The van der Waals surface area contributed by atoms with Gasteiger partial charge in [0.15, 0.2) is 0 Å². The van der Waals surface area contributed by atoms with Crippen molar-refractivity contribution in [2.24, 2.45) is 5.10 Å². The number of halogens is 1. The number of carbonyl (C=O) groups is 1. The van der Waals surface area contributed by atoms with Gasteiger partial charge in [-0.05, 0) is 38.1 Å². The zero-order valence-corrected chi connectivity index (χ0v) is 13.5. The first-order valence-corrected chi connectivity index (χ1v) is 7.65. The number of amides is 1. The minimum Gasteiger partial charge on any atom is -0.329 e. The molecule has 1 aromatic heterocycles. The van der Waals surface area contributed by atoms with Crippen molar-refractivity contribution in [2.45, 2.75) is 20.4 Å². The van der Waals surface area contributed by atoms with Crippen LogP contribution in [0.25, 0.3) is 11.0 Å². The minimum absolute atomic E-state index is 0.311. The smallest absolute Gasteiger partial charge is 0.271 e. The predicted octanol–water partition coefficient (Wildman–Crippen LogP) is 3.27. The van der Waals surface area contributed by atoms with E-state index in [0.29, 0.717) is 11.1 Å². The zero-order valence-electron chi connectivity index (χ0n) is 13.5. The average molecular weight is 324 g/mol. The van der Waals surface area contributed by atoms with Crippen LogP contribution in [0.5, 0.6) is 0 Å². The number of imidazole rings is 1. The topological polar surface area (TPSA) is 59.3 Å². The minimum atomic E-state index is -0.391. The lowest BCUT2D eigenvalue weighted by Crippen LogP contribution is -2.17. The maximum atomic E-state index is 13.5. The number of fused-ring (bicyclic) bond motifs is 1. The third kappa shape index (κ3) is 3.03. The molecule has 1 amide bonds. The lowest BCUT2D eigenvalue weighted by Gasteiger charge is -2.03. The highest BCUT2D eigenvalue weighted by Gasteiger charge is 2.10. The second-order valence-electron chi connectivity index (χ2n) is 5.33. The Hall–Kier alpha value is -3.02. The third-order valence-corrected chi connectivity index (χ3v) is 3.79. The van der Waals surface area contributed by atoms with Gasteiger partial charge in [0.05, 0.1) is 17.2 Å². The van der Waals surface area contributed by atoms with Gasteiger partial charge in [0.2, 0.25) is 0 Å². The van der Waals surface area contributed by atoms with Crippen LogP contribution in [0.1, 0.15) is 28.7 Å². The fraction of sp³-hybridized carbons (Fsp3) is 0.167. The molecular formula is C18H17FN4O. The number of benzene rings is 2. The highest BCUT2D eigenvalue weighted by molar-refractivity contribution is 5.97. The quantitative estimate of drug-likeness (QED) is 0.591. The summed E-state index contributed by atoms with van der Waals surface area (Å²) in [6, 6.07) is 11.5. The van der Waals surface area contributed by atoms with E-state index in [4.69, 9.17) is 0 Å². The second-order valence-corrected chi connectivity index (χ2v) is 5.33. The molecule has 0 fully saturated rings. The maximum Gasteiger partial charge on any atom is 0.271 e. The summed E-state index contributed by atoms with van der Waals surface area (Å²) in [6.45, 7) is 4.80. The molecule has 0 saturated carbocycles. The van der Waals surface area contributed by atoms with Crippen molar-refractivity contribution in [3.63, 3.8) is 0 Å². The van der Waals surface area contributed by atoms with Crippen LogP contribution in [0.4, 0.5) is 4.39 Å². The van der Waals surface area contributed by atoms with Crippen LogP contribution in [0.3, 0.4) is 0 Å². The standard InChI is InChI=1S/C18H17FN4O/c1-3-23-12(2)21-16-10-13(8-9-17(16)23)18(24)22-20-11-14-6-4-5-7-15(14)19/h4-11H,3H2,1-2H3,(H,22,24). The lowest BCUT2D eigenvalue weighted by molar-refractivity contribution is 0.0955. The van der Waals surface area contributed by atoms with Crippen molar-refractivity contribution in [2.75, 3.05) is 0 Å². The summed E-state index contributed by atoms with van der Waals surface area (Å²) in [7, 11) is 0. The molecule has 5 nitrogen and oxygen atoms in total. The van der Waals surface area contributed by atoms with Gasteiger partial charge in [-0.15, -0.1) is 0 Å². The molecule has 0 aliphatic rings. The molecule has 24 heavy (non-hydrogen) atoms. The fourth-order valence-electron chi connectivity index (χ4n) is 2.60. The Labute approximate surface area is 138 Å². The van der Waals surface area contributed by atoms with Crippen molar-refractivity contribution in [3.8, 4) is 0 Å². The van der Waals surface area contributed by atoms with Crippen LogP contribution in [-0.2, 0) is 6.54 Å². The van der Waals surface area contributed by atoms with Gasteiger partial charge in [0.1, 0.15) is 11.6 Å². The van der Waals surface area contributed by atoms with E-state index in [9.17, 15) is 9.18 Å².